The van der Waals surface area contributed by atoms with Crippen LogP contribution in [0.3, 0.4) is 0 Å². The normalized spacial score (nSPS) is 14.9. The molecule has 0 amide bonds. The Balaban J connectivity index is 1.74. The first-order valence-corrected chi connectivity index (χ1v) is 6.95. The zero-order chi connectivity index (χ0) is 11.7. The summed E-state index contributed by atoms with van der Waals surface area (Å²) in [7, 11) is 0. The van der Waals surface area contributed by atoms with Gasteiger partial charge in [-0.15, -0.1) is 11.3 Å². The minimum atomic E-state index is 0.320. The highest BCUT2D eigenvalue weighted by Crippen LogP contribution is 2.22. The Morgan fingerprint density at radius 1 is 1.29 bits per heavy atom. The average molecular weight is 245 g/mol. The summed E-state index contributed by atoms with van der Waals surface area (Å²) in [5.74, 6) is 0.320. The van der Waals surface area contributed by atoms with Crippen molar-refractivity contribution < 1.29 is 4.79 Å². The molecule has 0 aromatic carbocycles. The molecule has 3 rings (SSSR count). The summed E-state index contributed by atoms with van der Waals surface area (Å²) < 4.78 is 2.17. The molecule has 0 aliphatic heterocycles. The third-order valence-corrected chi connectivity index (χ3v) is 4.25. The van der Waals surface area contributed by atoms with Crippen LogP contribution in [0.4, 0.5) is 0 Å². The lowest BCUT2D eigenvalue weighted by Crippen LogP contribution is -2.07. The molecule has 2 aromatic heterocycles. The van der Waals surface area contributed by atoms with Crippen molar-refractivity contribution in [3.63, 3.8) is 0 Å². The van der Waals surface area contributed by atoms with Gasteiger partial charge in [-0.25, -0.2) is 0 Å². The molecule has 0 bridgehead atoms. The van der Waals surface area contributed by atoms with E-state index in [1.165, 1.54) is 10.4 Å². The van der Waals surface area contributed by atoms with Crippen LogP contribution in [0.2, 0.25) is 0 Å². The van der Waals surface area contributed by atoms with E-state index in [9.17, 15) is 4.79 Å². The average Bonchev–Trinajstić information content (AvgIpc) is 2.95. The fraction of sp³-hybridized carbons (Fsp3) is 0.357. The fourth-order valence-electron chi connectivity index (χ4n) is 2.40. The van der Waals surface area contributed by atoms with Crippen LogP contribution < -0.4 is 0 Å². The molecule has 0 fully saturated rings. The van der Waals surface area contributed by atoms with Gasteiger partial charge in [0.2, 0.25) is 0 Å². The first-order chi connectivity index (χ1) is 8.33. The van der Waals surface area contributed by atoms with E-state index in [4.69, 9.17) is 0 Å². The first kappa shape index (κ1) is 10.8. The minimum Gasteiger partial charge on any atom is -0.353 e. The number of Topliss-reactive ketones (excluding diaryl/α,β-unsaturated/α-hetero) is 1. The summed E-state index contributed by atoms with van der Waals surface area (Å²) in [5.41, 5.74) is 2.20. The molecule has 1 aliphatic rings. The molecule has 1 aliphatic carbocycles. The van der Waals surface area contributed by atoms with Crippen LogP contribution in [0, 0.1) is 0 Å². The largest absolute Gasteiger partial charge is 0.353 e. The van der Waals surface area contributed by atoms with E-state index < -0.39 is 0 Å². The summed E-state index contributed by atoms with van der Waals surface area (Å²) in [4.78, 5) is 13.1. The second-order valence-corrected chi connectivity index (χ2v) is 5.57. The topological polar surface area (TPSA) is 22.0 Å². The Bertz CT molecular complexity index is 524. The lowest BCUT2D eigenvalue weighted by Gasteiger charge is -2.07. The van der Waals surface area contributed by atoms with Crippen molar-refractivity contribution in [1.82, 2.24) is 4.57 Å². The van der Waals surface area contributed by atoms with Gasteiger partial charge in [0.05, 0.1) is 0 Å². The summed E-state index contributed by atoms with van der Waals surface area (Å²) >= 11 is 1.80. The number of carbonyl (C=O) groups excluding carboxylic acids is 1. The van der Waals surface area contributed by atoms with E-state index in [0.717, 1.165) is 37.8 Å². The van der Waals surface area contributed by atoms with Gasteiger partial charge in [0, 0.05) is 35.8 Å². The number of thiophene rings is 1. The number of carbonyl (C=O) groups is 1. The third kappa shape index (κ3) is 2.20. The second-order valence-electron chi connectivity index (χ2n) is 4.54. The van der Waals surface area contributed by atoms with Crippen molar-refractivity contribution in [2.45, 2.75) is 32.2 Å². The number of aryl methyl sites for hydroxylation is 3. The standard InChI is InChI=1S/C14H15NOS/c16-14-5-1-3-11-9-15(10-13(11)14)7-6-12-4-2-8-17-12/h2,4,8-10H,1,3,5-7H2. The van der Waals surface area contributed by atoms with Gasteiger partial charge in [-0.2, -0.15) is 0 Å². The van der Waals surface area contributed by atoms with Crippen LogP contribution in [0.1, 0.15) is 33.6 Å². The second kappa shape index (κ2) is 4.49. The van der Waals surface area contributed by atoms with Gasteiger partial charge < -0.3 is 4.57 Å². The number of ketones is 1. The number of rotatable bonds is 3. The van der Waals surface area contributed by atoms with Gasteiger partial charge in [0.15, 0.2) is 5.78 Å². The maximum Gasteiger partial charge on any atom is 0.164 e. The van der Waals surface area contributed by atoms with Crippen molar-refractivity contribution in [1.29, 1.82) is 0 Å². The number of nitrogens with zero attached hydrogens (tertiary/aromatic N) is 1. The number of hydrogen-bond donors (Lipinski definition) is 0. The van der Waals surface area contributed by atoms with Gasteiger partial charge in [-0.05, 0) is 36.3 Å². The molecule has 88 valence electrons. The Kier molecular flexibility index (Phi) is 2.85. The van der Waals surface area contributed by atoms with Crippen molar-refractivity contribution in [2.75, 3.05) is 0 Å². The van der Waals surface area contributed by atoms with Gasteiger partial charge >= 0.3 is 0 Å². The first-order valence-electron chi connectivity index (χ1n) is 6.07. The predicted molar refractivity (Wildman–Crippen MR) is 69.7 cm³/mol. The van der Waals surface area contributed by atoms with Crippen LogP contribution in [-0.2, 0) is 19.4 Å². The molecule has 2 nitrogen and oxygen atoms in total. The number of aromatic nitrogens is 1. The molecule has 0 spiro atoms. The lowest BCUT2D eigenvalue weighted by molar-refractivity contribution is 0.0973. The zero-order valence-corrected chi connectivity index (χ0v) is 10.5. The lowest BCUT2D eigenvalue weighted by atomic mass is 9.95. The van der Waals surface area contributed by atoms with Crippen LogP contribution in [0.5, 0.6) is 0 Å². The summed E-state index contributed by atoms with van der Waals surface area (Å²) in [5, 5.41) is 2.11. The van der Waals surface area contributed by atoms with E-state index in [2.05, 4.69) is 28.3 Å². The summed E-state index contributed by atoms with van der Waals surface area (Å²) in [6, 6.07) is 4.25. The van der Waals surface area contributed by atoms with E-state index >= 15 is 0 Å². The van der Waals surface area contributed by atoms with Crippen molar-refractivity contribution in [2.24, 2.45) is 0 Å². The van der Waals surface area contributed by atoms with Gasteiger partial charge in [0.1, 0.15) is 0 Å². The molecule has 0 radical (unpaired) electrons. The molecule has 0 atom stereocenters. The summed E-state index contributed by atoms with van der Waals surface area (Å²) in [6.07, 6.45) is 8.04. The maximum atomic E-state index is 11.7. The van der Waals surface area contributed by atoms with Gasteiger partial charge in [-0.3, -0.25) is 4.79 Å². The molecule has 3 heteroatoms. The van der Waals surface area contributed by atoms with Gasteiger partial charge in [0.25, 0.3) is 0 Å². The number of hydrogen-bond acceptors (Lipinski definition) is 2. The summed E-state index contributed by atoms with van der Waals surface area (Å²) in [6.45, 7) is 0.973. The molecule has 2 heterocycles. The molecule has 0 saturated heterocycles. The van der Waals surface area contributed by atoms with E-state index in [-0.39, 0.29) is 0 Å². The van der Waals surface area contributed by atoms with Crippen LogP contribution >= 0.6 is 11.3 Å². The predicted octanol–water partition coefficient (Wildman–Crippen LogP) is 3.31. The highest BCUT2D eigenvalue weighted by Gasteiger charge is 2.18. The van der Waals surface area contributed by atoms with E-state index in [0.29, 0.717) is 5.78 Å². The van der Waals surface area contributed by atoms with Crippen molar-refractivity contribution >= 4 is 17.1 Å². The molecule has 0 saturated carbocycles. The smallest absolute Gasteiger partial charge is 0.164 e. The zero-order valence-electron chi connectivity index (χ0n) is 9.69. The van der Waals surface area contributed by atoms with Crippen molar-refractivity contribution in [3.05, 3.63) is 45.9 Å². The molecular weight excluding hydrogens is 230 g/mol. The fourth-order valence-corrected chi connectivity index (χ4v) is 3.10. The maximum absolute atomic E-state index is 11.7. The molecular formula is C14H15NOS. The third-order valence-electron chi connectivity index (χ3n) is 3.31. The Morgan fingerprint density at radius 2 is 2.24 bits per heavy atom. The molecule has 0 unspecified atom stereocenters. The Morgan fingerprint density at radius 3 is 3.00 bits per heavy atom. The SMILES string of the molecule is O=C1CCCc2cn(CCc3cccs3)cc21. The molecule has 17 heavy (non-hydrogen) atoms. The monoisotopic (exact) mass is 245 g/mol. The molecule has 2 aromatic rings. The Labute approximate surface area is 105 Å². The number of fused-ring (bicyclic) bond motifs is 1. The van der Waals surface area contributed by atoms with Crippen LogP contribution in [0.25, 0.3) is 0 Å². The van der Waals surface area contributed by atoms with Crippen molar-refractivity contribution in [3.8, 4) is 0 Å². The van der Waals surface area contributed by atoms with E-state index in [1.807, 2.05) is 6.20 Å². The highest BCUT2D eigenvalue weighted by molar-refractivity contribution is 7.09. The quantitative estimate of drug-likeness (QED) is 0.813. The van der Waals surface area contributed by atoms with Crippen LogP contribution in [0.15, 0.2) is 29.9 Å². The van der Waals surface area contributed by atoms with Gasteiger partial charge in [-0.1, -0.05) is 6.07 Å². The highest BCUT2D eigenvalue weighted by atomic mass is 32.1. The minimum absolute atomic E-state index is 0.320. The molecule has 0 N–H and O–H groups in total. The Hall–Kier alpha value is -1.35. The van der Waals surface area contributed by atoms with Crippen LogP contribution in [-0.4, -0.2) is 10.4 Å². The van der Waals surface area contributed by atoms with E-state index in [1.54, 1.807) is 11.3 Å².